The van der Waals surface area contributed by atoms with Crippen LogP contribution in [0.3, 0.4) is 0 Å². The van der Waals surface area contributed by atoms with Gasteiger partial charge in [-0.1, -0.05) is 49.9 Å². The highest BCUT2D eigenvalue weighted by atomic mass is 19.1. The molecule has 6 aromatic rings. The maximum Gasteiger partial charge on any atom is 0.252 e. The highest BCUT2D eigenvalue weighted by molar-refractivity contribution is 6.08. The summed E-state index contributed by atoms with van der Waals surface area (Å²) >= 11 is 0. The van der Waals surface area contributed by atoms with E-state index >= 15 is 0 Å². The molecule has 18 nitrogen and oxygen atoms in total. The molecule has 0 saturated carbocycles. The monoisotopic (exact) mass is 1180 g/mol. The maximum absolute atomic E-state index is 14.0. The zero-order valence-electron chi connectivity index (χ0n) is 49.5. The van der Waals surface area contributed by atoms with Gasteiger partial charge in [-0.3, -0.25) is 28.8 Å². The smallest absolute Gasteiger partial charge is 0.252 e. The number of unbranched alkanes of at least 4 members (excludes halogenated alkanes) is 5. The molecule has 0 fully saturated rings. The van der Waals surface area contributed by atoms with Crippen LogP contribution in [0, 0.1) is 11.6 Å². The zero-order chi connectivity index (χ0) is 61.3. The van der Waals surface area contributed by atoms with Crippen molar-refractivity contribution in [2.24, 2.45) is 0 Å². The van der Waals surface area contributed by atoms with Gasteiger partial charge in [-0.25, -0.2) is 8.78 Å². The molecule has 454 valence electrons. The predicted molar refractivity (Wildman–Crippen MR) is 318 cm³/mol. The molecule has 8 rings (SSSR count). The summed E-state index contributed by atoms with van der Waals surface area (Å²) in [5.41, 5.74) is 6.75. The SMILES string of the molecule is COc1cc(CNC(=O)c2cc3c(cc2C(=O)NCCc2ccc(F)cc2)CN(C(=O)CCCCCCCCC(=O)N2Cc4cc(C(=O)NCCc5ccc(F)cc5)c(C(=O)NCc5cc(OC)c(OC)c(OC)c5)cc4C2)C3)cc(OC)c1OC. The minimum Gasteiger partial charge on any atom is -0.493 e. The van der Waals surface area contributed by atoms with Crippen molar-refractivity contribution in [3.05, 3.63) is 175 Å². The van der Waals surface area contributed by atoms with Gasteiger partial charge in [0.15, 0.2) is 23.0 Å². The van der Waals surface area contributed by atoms with Gasteiger partial charge in [0.25, 0.3) is 23.6 Å². The molecule has 86 heavy (non-hydrogen) atoms. The lowest BCUT2D eigenvalue weighted by molar-refractivity contribution is -0.132. The minimum absolute atomic E-state index is 0.0323. The summed E-state index contributed by atoms with van der Waals surface area (Å²) in [4.78, 5) is 86.3. The third-order valence-corrected chi connectivity index (χ3v) is 15.4. The Morgan fingerprint density at radius 1 is 0.384 bits per heavy atom. The molecule has 20 heteroatoms. The molecule has 6 aromatic carbocycles. The Morgan fingerprint density at radius 2 is 0.674 bits per heavy atom. The normalized spacial score (nSPS) is 12.2. The molecule has 0 aliphatic carbocycles. The summed E-state index contributed by atoms with van der Waals surface area (Å²) in [5.74, 6) is -0.169. The summed E-state index contributed by atoms with van der Waals surface area (Å²) in [7, 11) is 9.00. The number of nitrogens with zero attached hydrogens (tertiary/aromatic N) is 2. The summed E-state index contributed by atoms with van der Waals surface area (Å²) in [6, 6.07) is 25.7. The van der Waals surface area contributed by atoms with Crippen molar-refractivity contribution in [2.45, 2.75) is 103 Å². The number of nitrogens with one attached hydrogen (secondary N) is 4. The number of benzene rings is 6. The lowest BCUT2D eigenvalue weighted by Gasteiger charge is -2.15. The highest BCUT2D eigenvalue weighted by Crippen LogP contribution is 2.40. The van der Waals surface area contributed by atoms with Crippen molar-refractivity contribution >= 4 is 35.4 Å². The van der Waals surface area contributed by atoms with E-state index in [4.69, 9.17) is 28.4 Å². The molecule has 6 amide bonds. The van der Waals surface area contributed by atoms with Crippen LogP contribution >= 0.6 is 0 Å². The number of ether oxygens (including phenoxy) is 6. The Hall–Kier alpha value is -9.20. The largest absolute Gasteiger partial charge is 0.493 e. The number of carbonyl (C=O) groups excluding carboxylic acids is 6. The molecule has 0 spiro atoms. The number of amides is 6. The van der Waals surface area contributed by atoms with Crippen LogP contribution in [0.25, 0.3) is 0 Å². The van der Waals surface area contributed by atoms with Crippen molar-refractivity contribution in [3.8, 4) is 34.5 Å². The molecule has 0 radical (unpaired) electrons. The summed E-state index contributed by atoms with van der Waals surface area (Å²) in [6.45, 7) is 1.80. The fourth-order valence-electron chi connectivity index (χ4n) is 10.7. The van der Waals surface area contributed by atoms with Gasteiger partial charge in [0.05, 0.1) is 64.9 Å². The zero-order valence-corrected chi connectivity index (χ0v) is 49.5. The third-order valence-electron chi connectivity index (χ3n) is 15.4. The molecule has 2 heterocycles. The topological polar surface area (TPSA) is 212 Å². The van der Waals surface area contributed by atoms with Crippen LogP contribution in [0.1, 0.15) is 137 Å². The summed E-state index contributed by atoms with van der Waals surface area (Å²) in [5, 5.41) is 11.7. The van der Waals surface area contributed by atoms with Crippen LogP contribution in [-0.2, 0) is 61.7 Å². The van der Waals surface area contributed by atoms with Gasteiger partial charge in [-0.15, -0.1) is 0 Å². The molecular weight excluding hydrogens is 1110 g/mol. The van der Waals surface area contributed by atoms with Crippen LogP contribution in [0.5, 0.6) is 34.5 Å². The van der Waals surface area contributed by atoms with E-state index in [1.165, 1.54) is 66.9 Å². The minimum atomic E-state index is -0.487. The van der Waals surface area contributed by atoms with Crippen LogP contribution in [0.2, 0.25) is 0 Å². The Balaban J connectivity index is 0.815. The number of fused-ring (bicyclic) bond motifs is 2. The number of carbonyl (C=O) groups is 6. The number of halogens is 2. The van der Waals surface area contributed by atoms with Gasteiger partial charge >= 0.3 is 0 Å². The van der Waals surface area contributed by atoms with E-state index in [0.29, 0.717) is 97.2 Å². The fourth-order valence-corrected chi connectivity index (χ4v) is 10.7. The molecule has 2 aliphatic rings. The van der Waals surface area contributed by atoms with Crippen LogP contribution in [-0.4, -0.2) is 101 Å². The van der Waals surface area contributed by atoms with E-state index < -0.39 is 23.6 Å². The Kier molecular flexibility index (Phi) is 22.0. The van der Waals surface area contributed by atoms with Gasteiger partial charge in [0, 0.05) is 65.2 Å². The average molecular weight is 1180 g/mol. The molecule has 0 unspecified atom stereocenters. The van der Waals surface area contributed by atoms with Gasteiger partial charge in [-0.2, -0.15) is 0 Å². The van der Waals surface area contributed by atoms with E-state index in [2.05, 4.69) is 21.3 Å². The van der Waals surface area contributed by atoms with E-state index in [1.807, 2.05) is 0 Å². The van der Waals surface area contributed by atoms with Crippen LogP contribution < -0.4 is 49.7 Å². The number of methoxy groups -OCH3 is 6. The molecule has 0 atom stereocenters. The second-order valence-electron chi connectivity index (χ2n) is 21.2. The number of rotatable bonds is 29. The second-order valence-corrected chi connectivity index (χ2v) is 21.2. The fraction of sp³-hybridized carbons (Fsp3) is 0.364. The van der Waals surface area contributed by atoms with Gasteiger partial charge in [0.1, 0.15) is 11.6 Å². The first kappa shape index (κ1) is 62.8. The highest BCUT2D eigenvalue weighted by Gasteiger charge is 2.30. The third kappa shape index (κ3) is 16.0. The standard InChI is InChI=1S/C66H74F2N6O12/c1-81-55-27-43(28-56(82-2)61(55)85-5)35-71-65(79)53-33-47-39-73(37-45(47)31-51(53)63(77)69-25-23-41-15-19-49(67)20-16-41)59(75)13-11-9-7-8-10-12-14-60(76)74-38-46-32-52(64(78)70-26-24-42-17-21-50(68)22-18-42)54(34-48(46)40-74)66(80)72-36-44-29-57(83-3)62(86-6)58(30-44)84-4/h15-22,27-34H,7-14,23-26,35-40H2,1-6H3,(H,69,77)(H,70,78)(H,71,79)(H,72,80). The number of hydrogen-bond acceptors (Lipinski definition) is 12. The van der Waals surface area contributed by atoms with Crippen molar-refractivity contribution < 1.29 is 66.0 Å². The average Bonchev–Trinajstić information content (AvgIpc) is 3.30. The second kappa shape index (κ2) is 30.0. The van der Waals surface area contributed by atoms with Gasteiger partial charge in [-0.05, 0) is 143 Å². The van der Waals surface area contributed by atoms with E-state index in [0.717, 1.165) is 59.1 Å². The summed E-state index contributed by atoms with van der Waals surface area (Å²) < 4.78 is 59.9. The molecule has 0 bridgehead atoms. The Morgan fingerprint density at radius 3 is 0.965 bits per heavy atom. The number of hydrogen-bond donors (Lipinski definition) is 4. The van der Waals surface area contributed by atoms with Gasteiger partial charge in [0.2, 0.25) is 23.3 Å². The molecule has 0 aromatic heterocycles. The van der Waals surface area contributed by atoms with Crippen molar-refractivity contribution in [2.75, 3.05) is 55.7 Å². The first-order valence-electron chi connectivity index (χ1n) is 28.7. The van der Waals surface area contributed by atoms with Crippen LogP contribution in [0.15, 0.2) is 97.1 Å². The van der Waals surface area contributed by atoms with Crippen molar-refractivity contribution in [3.63, 3.8) is 0 Å². The first-order valence-corrected chi connectivity index (χ1v) is 28.7. The van der Waals surface area contributed by atoms with Crippen LogP contribution in [0.4, 0.5) is 8.78 Å². The summed E-state index contributed by atoms with van der Waals surface area (Å²) in [6.07, 6.45) is 6.30. The van der Waals surface area contributed by atoms with Crippen molar-refractivity contribution in [1.82, 2.24) is 31.1 Å². The lowest BCUT2D eigenvalue weighted by atomic mass is 9.98. The Labute approximate surface area is 499 Å². The maximum atomic E-state index is 14.0. The molecule has 0 saturated heterocycles. The van der Waals surface area contributed by atoms with Gasteiger partial charge < -0.3 is 59.5 Å². The molecule has 2 aliphatic heterocycles. The lowest BCUT2D eigenvalue weighted by Crippen LogP contribution is -2.30. The molecular formula is C66H74F2N6O12. The van der Waals surface area contributed by atoms with E-state index in [1.54, 1.807) is 82.6 Å². The van der Waals surface area contributed by atoms with E-state index in [9.17, 15) is 37.5 Å². The molecule has 4 N–H and O–H groups in total. The Bertz CT molecular complexity index is 3160. The first-order chi connectivity index (χ1) is 41.6. The van der Waals surface area contributed by atoms with Crippen molar-refractivity contribution in [1.29, 1.82) is 0 Å². The quantitative estimate of drug-likeness (QED) is 0.0324. The predicted octanol–water partition coefficient (Wildman–Crippen LogP) is 9.33. The van der Waals surface area contributed by atoms with E-state index in [-0.39, 0.29) is 85.0 Å².